The van der Waals surface area contributed by atoms with Gasteiger partial charge in [-0.15, -0.1) is 0 Å². The summed E-state index contributed by atoms with van der Waals surface area (Å²) in [6.07, 6.45) is 6.96. The van der Waals surface area contributed by atoms with Gasteiger partial charge in [-0.2, -0.15) is 5.10 Å². The monoisotopic (exact) mass is 353 g/mol. The topological polar surface area (TPSA) is 69.2 Å². The van der Waals surface area contributed by atoms with Gasteiger partial charge in [-0.3, -0.25) is 9.89 Å². The van der Waals surface area contributed by atoms with E-state index in [0.717, 1.165) is 49.0 Å². The highest BCUT2D eigenvalue weighted by Crippen LogP contribution is 2.36. The summed E-state index contributed by atoms with van der Waals surface area (Å²) in [7, 11) is 0. The fraction of sp³-hybridized carbons (Fsp3) is 0.524. The third kappa shape index (κ3) is 3.16. The van der Waals surface area contributed by atoms with Gasteiger partial charge in [-0.05, 0) is 51.0 Å². The first kappa shape index (κ1) is 17.3. The number of aromatic nitrogens is 2. The van der Waals surface area contributed by atoms with Gasteiger partial charge in [0.15, 0.2) is 0 Å². The zero-order chi connectivity index (χ0) is 18.1. The van der Waals surface area contributed by atoms with E-state index in [4.69, 9.17) is 0 Å². The zero-order valence-corrected chi connectivity index (χ0v) is 15.4. The predicted octanol–water partition coefficient (Wildman–Crippen LogP) is 3.40. The summed E-state index contributed by atoms with van der Waals surface area (Å²) in [6.45, 7) is 3.48. The molecule has 4 rings (SSSR count). The van der Waals surface area contributed by atoms with Crippen molar-refractivity contribution >= 4 is 5.91 Å². The lowest BCUT2D eigenvalue weighted by Crippen LogP contribution is -2.50. The number of benzene rings is 1. The van der Waals surface area contributed by atoms with Crippen LogP contribution in [0.4, 0.5) is 0 Å². The minimum absolute atomic E-state index is 0.0731. The molecule has 1 amide bonds. The largest absolute Gasteiger partial charge is 0.380 e. The second kappa shape index (κ2) is 6.88. The van der Waals surface area contributed by atoms with E-state index in [-0.39, 0.29) is 11.8 Å². The van der Waals surface area contributed by atoms with E-state index in [1.54, 1.807) is 0 Å². The number of hydrogen-bond acceptors (Lipinski definition) is 3. The molecule has 0 spiro atoms. The molecule has 2 heterocycles. The molecule has 2 N–H and O–H groups in total. The van der Waals surface area contributed by atoms with Crippen LogP contribution < -0.4 is 0 Å². The van der Waals surface area contributed by atoms with Crippen LogP contribution in [-0.2, 0) is 4.79 Å². The van der Waals surface area contributed by atoms with E-state index in [0.29, 0.717) is 19.4 Å². The van der Waals surface area contributed by atoms with Gasteiger partial charge in [0.2, 0.25) is 0 Å². The van der Waals surface area contributed by atoms with E-state index in [1.807, 2.05) is 11.1 Å². The summed E-state index contributed by atoms with van der Waals surface area (Å²) < 4.78 is 0. The van der Waals surface area contributed by atoms with E-state index in [1.165, 1.54) is 5.56 Å². The number of H-pyrrole nitrogens is 1. The Morgan fingerprint density at radius 1 is 1.23 bits per heavy atom. The van der Waals surface area contributed by atoms with Gasteiger partial charge in [-0.25, -0.2) is 0 Å². The smallest absolute Gasteiger partial charge is 0.254 e. The first-order valence-electron chi connectivity index (χ1n) is 9.69. The van der Waals surface area contributed by atoms with Crippen molar-refractivity contribution in [3.8, 4) is 11.1 Å². The Balaban J connectivity index is 1.55. The summed E-state index contributed by atoms with van der Waals surface area (Å²) in [6, 6.07) is 8.46. The number of aromatic amines is 1. The van der Waals surface area contributed by atoms with Crippen LogP contribution in [-0.4, -0.2) is 44.8 Å². The molecule has 1 aromatic heterocycles. The highest BCUT2D eigenvalue weighted by molar-refractivity contribution is 5.85. The van der Waals surface area contributed by atoms with Gasteiger partial charge >= 0.3 is 0 Å². The molecule has 5 heteroatoms. The fourth-order valence-corrected chi connectivity index (χ4v) is 4.44. The molecule has 0 bridgehead atoms. The zero-order valence-electron chi connectivity index (χ0n) is 15.4. The van der Waals surface area contributed by atoms with Gasteiger partial charge in [-0.1, -0.05) is 29.8 Å². The quantitative estimate of drug-likeness (QED) is 0.888. The van der Waals surface area contributed by atoms with Crippen LogP contribution in [0, 0.1) is 6.92 Å². The molecule has 0 radical (unpaired) electrons. The lowest BCUT2D eigenvalue weighted by atomic mass is 9.89. The average molecular weight is 353 g/mol. The summed E-state index contributed by atoms with van der Waals surface area (Å²) >= 11 is 0. The molecule has 1 aliphatic carbocycles. The lowest BCUT2D eigenvalue weighted by Gasteiger charge is -2.36. The number of carbonyl (C=O) groups is 1. The SMILES string of the molecule is Cc1ccc(-c2cn[nH]c2[C@H]2CCCN(C(=O)C3(O)CCCC3)C2)cc1. The van der Waals surface area contributed by atoms with Crippen LogP contribution in [0.2, 0.25) is 0 Å². The third-order valence-electron chi connectivity index (χ3n) is 5.98. The van der Waals surface area contributed by atoms with Crippen molar-refractivity contribution in [2.45, 2.75) is 57.0 Å². The summed E-state index contributed by atoms with van der Waals surface area (Å²) in [5.74, 6) is 0.160. The van der Waals surface area contributed by atoms with E-state index in [2.05, 4.69) is 41.4 Å². The van der Waals surface area contributed by atoms with Crippen molar-refractivity contribution in [2.75, 3.05) is 13.1 Å². The Kier molecular flexibility index (Phi) is 4.57. The average Bonchev–Trinajstić information content (AvgIpc) is 3.32. The molecule has 26 heavy (non-hydrogen) atoms. The normalized spacial score (nSPS) is 22.5. The van der Waals surface area contributed by atoms with Crippen LogP contribution in [0.1, 0.15) is 55.7 Å². The van der Waals surface area contributed by atoms with Gasteiger partial charge in [0.1, 0.15) is 5.60 Å². The molecule has 1 aromatic carbocycles. The fourth-order valence-electron chi connectivity index (χ4n) is 4.44. The minimum atomic E-state index is -1.13. The predicted molar refractivity (Wildman–Crippen MR) is 101 cm³/mol. The van der Waals surface area contributed by atoms with Crippen LogP contribution in [0.25, 0.3) is 11.1 Å². The summed E-state index contributed by atoms with van der Waals surface area (Å²) in [5, 5.41) is 18.1. The Morgan fingerprint density at radius 2 is 1.96 bits per heavy atom. The number of hydrogen-bond donors (Lipinski definition) is 2. The van der Waals surface area contributed by atoms with Crippen molar-refractivity contribution in [1.82, 2.24) is 15.1 Å². The molecule has 5 nitrogen and oxygen atoms in total. The number of amides is 1. The third-order valence-corrected chi connectivity index (χ3v) is 5.98. The minimum Gasteiger partial charge on any atom is -0.380 e. The molecule has 1 saturated heterocycles. The van der Waals surface area contributed by atoms with Gasteiger partial charge in [0.05, 0.1) is 6.20 Å². The van der Waals surface area contributed by atoms with E-state index in [9.17, 15) is 9.90 Å². The van der Waals surface area contributed by atoms with Crippen molar-refractivity contribution in [3.05, 3.63) is 41.7 Å². The van der Waals surface area contributed by atoms with Gasteiger partial charge in [0.25, 0.3) is 5.91 Å². The highest BCUT2D eigenvalue weighted by atomic mass is 16.3. The van der Waals surface area contributed by atoms with Crippen LogP contribution in [0.3, 0.4) is 0 Å². The summed E-state index contributed by atoms with van der Waals surface area (Å²) in [5.41, 5.74) is 3.47. The van der Waals surface area contributed by atoms with E-state index >= 15 is 0 Å². The molecule has 138 valence electrons. The maximum Gasteiger partial charge on any atom is 0.254 e. The molecule has 0 unspecified atom stereocenters. The van der Waals surface area contributed by atoms with Crippen molar-refractivity contribution < 1.29 is 9.90 Å². The molecule has 1 aliphatic heterocycles. The molecular formula is C21H27N3O2. The van der Waals surface area contributed by atoms with Gasteiger partial charge < -0.3 is 10.0 Å². The number of nitrogens with one attached hydrogen (secondary N) is 1. The molecule has 1 atom stereocenters. The standard InChI is InChI=1S/C21H27N3O2/c1-15-6-8-16(9-7-15)18-13-22-23-19(18)17-5-4-12-24(14-17)20(25)21(26)10-2-3-11-21/h6-9,13,17,26H,2-5,10-12,14H2,1H3,(H,22,23)/t17-/m0/s1. The maximum absolute atomic E-state index is 12.9. The maximum atomic E-state index is 12.9. The van der Waals surface area contributed by atoms with Crippen LogP contribution >= 0.6 is 0 Å². The summed E-state index contributed by atoms with van der Waals surface area (Å²) in [4.78, 5) is 14.8. The molecule has 2 fully saturated rings. The Labute approximate surface area is 154 Å². The Bertz CT molecular complexity index is 775. The highest BCUT2D eigenvalue weighted by Gasteiger charge is 2.42. The van der Waals surface area contributed by atoms with E-state index < -0.39 is 5.60 Å². The van der Waals surface area contributed by atoms with Crippen LogP contribution in [0.5, 0.6) is 0 Å². The second-order valence-corrected chi connectivity index (χ2v) is 7.89. The number of aryl methyl sites for hydroxylation is 1. The lowest BCUT2D eigenvalue weighted by molar-refractivity contribution is -0.152. The van der Waals surface area contributed by atoms with Crippen molar-refractivity contribution in [1.29, 1.82) is 0 Å². The first-order valence-corrected chi connectivity index (χ1v) is 9.69. The number of nitrogens with zero attached hydrogens (tertiary/aromatic N) is 2. The Morgan fingerprint density at radius 3 is 2.69 bits per heavy atom. The van der Waals surface area contributed by atoms with Crippen molar-refractivity contribution in [3.63, 3.8) is 0 Å². The molecular weight excluding hydrogens is 326 g/mol. The molecule has 2 aliphatic rings. The number of carbonyl (C=O) groups excluding carboxylic acids is 1. The van der Waals surface area contributed by atoms with Crippen LogP contribution in [0.15, 0.2) is 30.5 Å². The van der Waals surface area contributed by atoms with Crippen molar-refractivity contribution in [2.24, 2.45) is 0 Å². The number of aliphatic hydroxyl groups is 1. The molecule has 2 aromatic rings. The number of piperidine rings is 1. The number of rotatable bonds is 3. The first-order chi connectivity index (χ1) is 12.6. The molecule has 1 saturated carbocycles. The van der Waals surface area contributed by atoms with Gasteiger partial charge in [0, 0.05) is 30.3 Å². The Hall–Kier alpha value is -2.14. The second-order valence-electron chi connectivity index (χ2n) is 7.89. The number of likely N-dealkylation sites (tertiary alicyclic amines) is 1.